The number of anilines is 1. The van der Waals surface area contributed by atoms with Crippen molar-refractivity contribution in [2.45, 2.75) is 39.2 Å². The zero-order chi connectivity index (χ0) is 24.3. The molecule has 2 heterocycles. The van der Waals surface area contributed by atoms with E-state index in [9.17, 15) is 4.89 Å². The van der Waals surface area contributed by atoms with E-state index in [1.807, 2.05) is 32.0 Å². The lowest BCUT2D eigenvalue weighted by Gasteiger charge is -2.26. The van der Waals surface area contributed by atoms with Gasteiger partial charge in [0.25, 0.3) is 0 Å². The van der Waals surface area contributed by atoms with Gasteiger partial charge in [-0.05, 0) is 50.3 Å². The van der Waals surface area contributed by atoms with Gasteiger partial charge in [-0.25, -0.2) is 0 Å². The molecular weight excluding hydrogens is 471 g/mol. The van der Waals surface area contributed by atoms with E-state index in [-0.39, 0.29) is 0 Å². The van der Waals surface area contributed by atoms with Crippen LogP contribution in [0.25, 0.3) is 21.8 Å². The second kappa shape index (κ2) is 10.3. The fourth-order valence-electron chi connectivity index (χ4n) is 3.77. The summed E-state index contributed by atoms with van der Waals surface area (Å²) in [6.07, 6.45) is 6.50. The van der Waals surface area contributed by atoms with Gasteiger partial charge in [-0.1, -0.05) is 18.5 Å². The van der Waals surface area contributed by atoms with Crippen LogP contribution in [0.1, 0.15) is 33.6 Å². The Morgan fingerprint density at radius 3 is 2.94 bits per heavy atom. The summed E-state index contributed by atoms with van der Waals surface area (Å²) in [7, 11) is -1.49. The standard InChI is InChI=1S/C24H34ClN6O2P/c1-23(2,14-28-13-21(26)29-15-24(3)5-6-24)33-8-9-34(32)31-19-11-16(25)10-18-17-4-7-27-12-20(17)30-22(18)19/h4,7,10-12,28,30-32H,5-6,8-9,13-15H2,1-3H3,(H2,26,29). The molecule has 0 bridgehead atoms. The molecule has 10 heteroatoms. The normalized spacial score (nSPS) is 16.8. The molecule has 34 heavy (non-hydrogen) atoms. The average molecular weight is 505 g/mol. The van der Waals surface area contributed by atoms with E-state index in [1.54, 1.807) is 12.4 Å². The van der Waals surface area contributed by atoms with Gasteiger partial charge in [0.15, 0.2) is 0 Å². The van der Waals surface area contributed by atoms with Crippen molar-refractivity contribution < 1.29 is 9.63 Å². The van der Waals surface area contributed by atoms with Gasteiger partial charge in [-0.2, -0.15) is 0 Å². The van der Waals surface area contributed by atoms with E-state index in [1.165, 1.54) is 12.8 Å². The van der Waals surface area contributed by atoms with E-state index < -0.39 is 13.9 Å². The third-order valence-electron chi connectivity index (χ3n) is 6.14. The number of H-pyrrole nitrogens is 1. The molecule has 1 saturated carbocycles. The average Bonchev–Trinajstić information content (AvgIpc) is 3.40. The quantitative estimate of drug-likeness (QED) is 0.139. The van der Waals surface area contributed by atoms with Crippen molar-refractivity contribution in [3.8, 4) is 0 Å². The molecule has 1 unspecified atom stereocenters. The third-order valence-corrected chi connectivity index (χ3v) is 7.47. The van der Waals surface area contributed by atoms with Crippen LogP contribution in [0.15, 0.2) is 35.6 Å². The number of aliphatic imine (C=N–C) groups is 1. The summed E-state index contributed by atoms with van der Waals surface area (Å²) in [5.74, 6) is 0.632. The number of halogens is 1. The zero-order valence-corrected chi connectivity index (χ0v) is 21.6. The van der Waals surface area contributed by atoms with Crippen LogP contribution >= 0.6 is 19.9 Å². The summed E-state index contributed by atoms with van der Waals surface area (Å²) in [4.78, 5) is 22.7. The molecule has 4 rings (SSSR count). The number of nitrogens with zero attached hydrogens (tertiary/aromatic N) is 2. The van der Waals surface area contributed by atoms with Crippen LogP contribution in [-0.4, -0.2) is 58.7 Å². The first-order valence-corrected chi connectivity index (χ1v) is 13.4. The number of hydrogen-bond donors (Lipinski definition) is 5. The van der Waals surface area contributed by atoms with E-state index >= 15 is 0 Å². The number of amidine groups is 1. The van der Waals surface area contributed by atoms with Crippen molar-refractivity contribution in [2.75, 3.05) is 37.5 Å². The molecule has 1 aromatic carbocycles. The molecule has 2 aromatic heterocycles. The number of nitrogens with two attached hydrogens (primary N) is 1. The van der Waals surface area contributed by atoms with E-state index in [4.69, 9.17) is 22.1 Å². The summed E-state index contributed by atoms with van der Waals surface area (Å²) in [6.45, 7) is 8.69. The van der Waals surface area contributed by atoms with Gasteiger partial charge in [0.1, 0.15) is 14.1 Å². The molecule has 1 aliphatic carbocycles. The van der Waals surface area contributed by atoms with Gasteiger partial charge < -0.3 is 30.8 Å². The van der Waals surface area contributed by atoms with E-state index in [0.717, 1.165) is 34.0 Å². The minimum absolute atomic E-state index is 0.367. The molecule has 1 aliphatic rings. The second-order valence-electron chi connectivity index (χ2n) is 9.99. The van der Waals surface area contributed by atoms with Gasteiger partial charge in [0.2, 0.25) is 0 Å². The highest BCUT2D eigenvalue weighted by Crippen LogP contribution is 2.45. The molecule has 0 saturated heterocycles. The lowest BCUT2D eigenvalue weighted by molar-refractivity contribution is -0.00703. The Bertz CT molecular complexity index is 1180. The maximum absolute atomic E-state index is 10.7. The van der Waals surface area contributed by atoms with Crippen molar-refractivity contribution in [1.29, 1.82) is 0 Å². The largest absolute Gasteiger partial charge is 0.386 e. The highest BCUT2D eigenvalue weighted by atomic mass is 35.5. The predicted octanol–water partition coefficient (Wildman–Crippen LogP) is 4.63. The molecule has 1 fully saturated rings. The molecule has 0 spiro atoms. The minimum Gasteiger partial charge on any atom is -0.386 e. The van der Waals surface area contributed by atoms with Crippen molar-refractivity contribution in [3.63, 3.8) is 0 Å². The smallest absolute Gasteiger partial charge is 0.129 e. The van der Waals surface area contributed by atoms with Crippen molar-refractivity contribution in [3.05, 3.63) is 35.6 Å². The lowest BCUT2D eigenvalue weighted by Crippen LogP contribution is -2.41. The summed E-state index contributed by atoms with van der Waals surface area (Å²) in [5.41, 5.74) is 8.58. The van der Waals surface area contributed by atoms with Gasteiger partial charge in [-0.15, -0.1) is 0 Å². The first kappa shape index (κ1) is 25.1. The SMILES string of the molecule is CC1(CN=C(N)CNCC(C)(C)OCCP(O)Nc2cc(Cl)cc3c2[nH]c2cnccc23)CC1. The van der Waals surface area contributed by atoms with Gasteiger partial charge in [0, 0.05) is 41.2 Å². The summed E-state index contributed by atoms with van der Waals surface area (Å²) < 4.78 is 6.03. The molecule has 0 amide bonds. The van der Waals surface area contributed by atoms with E-state index in [2.05, 4.69) is 32.3 Å². The Balaban J connectivity index is 1.25. The molecule has 0 aliphatic heterocycles. The van der Waals surface area contributed by atoms with Crippen LogP contribution in [0.5, 0.6) is 0 Å². The van der Waals surface area contributed by atoms with Crippen molar-refractivity contribution in [2.24, 2.45) is 16.1 Å². The second-order valence-corrected chi connectivity index (χ2v) is 11.9. The van der Waals surface area contributed by atoms with Crippen molar-refractivity contribution in [1.82, 2.24) is 15.3 Å². The fraction of sp³-hybridized carbons (Fsp3) is 0.500. The van der Waals surface area contributed by atoms with E-state index in [0.29, 0.717) is 42.1 Å². The Hall–Kier alpha value is -1.96. The Kier molecular flexibility index (Phi) is 7.65. The number of benzene rings is 1. The summed E-state index contributed by atoms with van der Waals surface area (Å²) in [6, 6.07) is 5.69. The van der Waals surface area contributed by atoms with Crippen LogP contribution in [0, 0.1) is 5.41 Å². The molecule has 1 atom stereocenters. The predicted molar refractivity (Wildman–Crippen MR) is 143 cm³/mol. The summed E-state index contributed by atoms with van der Waals surface area (Å²) >= 11 is 6.35. The summed E-state index contributed by atoms with van der Waals surface area (Å²) in [5, 5.41) is 9.18. The van der Waals surface area contributed by atoms with Gasteiger partial charge in [-0.3, -0.25) is 9.98 Å². The maximum atomic E-state index is 10.7. The number of hydrogen-bond acceptors (Lipinski definition) is 6. The first-order chi connectivity index (χ1) is 16.1. The molecule has 6 N–H and O–H groups in total. The number of aromatic amines is 1. The number of ether oxygens (including phenoxy) is 1. The highest BCUT2D eigenvalue weighted by molar-refractivity contribution is 7.53. The molecule has 8 nitrogen and oxygen atoms in total. The van der Waals surface area contributed by atoms with Crippen LogP contribution in [0.3, 0.4) is 0 Å². The molecular formula is C24H34ClN6O2P. The Morgan fingerprint density at radius 2 is 2.18 bits per heavy atom. The maximum Gasteiger partial charge on any atom is 0.129 e. The zero-order valence-electron chi connectivity index (χ0n) is 20.0. The van der Waals surface area contributed by atoms with Crippen LogP contribution in [-0.2, 0) is 4.74 Å². The van der Waals surface area contributed by atoms with Crippen LogP contribution in [0.2, 0.25) is 5.02 Å². The van der Waals surface area contributed by atoms with Crippen molar-refractivity contribution >= 4 is 53.2 Å². The number of aromatic nitrogens is 2. The monoisotopic (exact) mass is 504 g/mol. The van der Waals surface area contributed by atoms with Gasteiger partial charge >= 0.3 is 0 Å². The minimum atomic E-state index is -1.49. The third kappa shape index (κ3) is 6.58. The van der Waals surface area contributed by atoms with Crippen LogP contribution < -0.4 is 16.1 Å². The first-order valence-electron chi connectivity index (χ1n) is 11.6. The topological polar surface area (TPSA) is 121 Å². The fourth-order valence-corrected chi connectivity index (χ4v) is 4.82. The Labute approximate surface area is 206 Å². The number of nitrogens with one attached hydrogen (secondary N) is 3. The molecule has 0 radical (unpaired) electrons. The number of pyridine rings is 1. The van der Waals surface area contributed by atoms with Crippen LogP contribution in [0.4, 0.5) is 5.69 Å². The molecule has 184 valence electrons. The lowest BCUT2D eigenvalue weighted by atomic mass is 10.1. The number of fused-ring (bicyclic) bond motifs is 3. The highest BCUT2D eigenvalue weighted by Gasteiger charge is 2.36. The Morgan fingerprint density at radius 1 is 1.38 bits per heavy atom. The number of rotatable bonds is 12. The molecule has 3 aromatic rings. The van der Waals surface area contributed by atoms with Gasteiger partial charge in [0.05, 0.1) is 41.7 Å².